The van der Waals surface area contributed by atoms with Crippen LogP contribution in [0.1, 0.15) is 41.7 Å². The summed E-state index contributed by atoms with van der Waals surface area (Å²) < 4.78 is 11.4. The molecule has 0 aliphatic rings. The van der Waals surface area contributed by atoms with E-state index < -0.39 is 0 Å². The van der Waals surface area contributed by atoms with Crippen molar-refractivity contribution >= 4 is 11.3 Å². The highest BCUT2D eigenvalue weighted by molar-refractivity contribution is 7.09. The van der Waals surface area contributed by atoms with Gasteiger partial charge < -0.3 is 14.8 Å². The highest BCUT2D eigenvalue weighted by Crippen LogP contribution is 2.25. The molecular weight excluding hydrogens is 370 g/mol. The van der Waals surface area contributed by atoms with E-state index >= 15 is 0 Å². The van der Waals surface area contributed by atoms with Gasteiger partial charge >= 0.3 is 0 Å². The summed E-state index contributed by atoms with van der Waals surface area (Å²) in [6.45, 7) is 6.36. The van der Waals surface area contributed by atoms with Crippen LogP contribution in [-0.2, 0) is 19.6 Å². The molecule has 2 heterocycles. The minimum absolute atomic E-state index is 0.441. The Labute approximate surface area is 170 Å². The Morgan fingerprint density at radius 2 is 2.04 bits per heavy atom. The van der Waals surface area contributed by atoms with Crippen molar-refractivity contribution in [2.75, 3.05) is 13.7 Å². The molecule has 1 N–H and O–H groups in total. The summed E-state index contributed by atoms with van der Waals surface area (Å²) in [7, 11) is 1.68. The van der Waals surface area contributed by atoms with E-state index in [1.165, 1.54) is 5.01 Å². The maximum absolute atomic E-state index is 6.00. The highest BCUT2D eigenvalue weighted by Gasteiger charge is 2.08. The van der Waals surface area contributed by atoms with E-state index in [1.54, 1.807) is 24.6 Å². The third kappa shape index (κ3) is 5.78. The summed E-state index contributed by atoms with van der Waals surface area (Å²) in [6.07, 6.45) is 2.69. The average Bonchev–Trinajstić information content (AvgIpc) is 3.20. The van der Waals surface area contributed by atoms with E-state index in [1.807, 2.05) is 36.4 Å². The minimum atomic E-state index is 0.441. The van der Waals surface area contributed by atoms with Crippen molar-refractivity contribution in [2.24, 2.45) is 0 Å². The van der Waals surface area contributed by atoms with Gasteiger partial charge in [-0.15, -0.1) is 11.3 Å². The number of hydrogen-bond donors (Lipinski definition) is 1. The predicted octanol–water partition coefficient (Wildman–Crippen LogP) is 4.58. The van der Waals surface area contributed by atoms with Gasteiger partial charge in [-0.1, -0.05) is 19.9 Å². The van der Waals surface area contributed by atoms with Crippen LogP contribution in [-0.4, -0.2) is 23.6 Å². The molecule has 0 bridgehead atoms. The predicted molar refractivity (Wildman–Crippen MR) is 113 cm³/mol. The van der Waals surface area contributed by atoms with Gasteiger partial charge in [0.05, 0.1) is 23.5 Å². The first-order valence-corrected chi connectivity index (χ1v) is 10.4. The second-order valence-electron chi connectivity index (χ2n) is 6.84. The van der Waals surface area contributed by atoms with E-state index in [4.69, 9.17) is 9.47 Å². The SMILES string of the molecule is COc1ccc(OCc2ccccn2)c(CNCCc2csc(C(C)C)n2)c1. The zero-order valence-electron chi connectivity index (χ0n) is 16.6. The number of nitrogens with one attached hydrogen (secondary N) is 1. The Balaban J connectivity index is 1.56. The fourth-order valence-electron chi connectivity index (χ4n) is 2.74. The number of hydrogen-bond acceptors (Lipinski definition) is 6. The standard InChI is InChI=1S/C22H27N3O2S/c1-16(2)22-25-19(15-28-22)9-11-23-13-17-12-20(26-3)7-8-21(17)27-14-18-6-4-5-10-24-18/h4-8,10,12,15-16,23H,9,11,13-14H2,1-3H3. The van der Waals surface area contributed by atoms with Crippen LogP contribution < -0.4 is 14.8 Å². The second-order valence-corrected chi connectivity index (χ2v) is 7.73. The Kier molecular flexibility index (Phi) is 7.39. The fourth-order valence-corrected chi connectivity index (χ4v) is 3.61. The summed E-state index contributed by atoms with van der Waals surface area (Å²) >= 11 is 1.74. The Hall–Kier alpha value is -2.44. The van der Waals surface area contributed by atoms with Crippen molar-refractivity contribution in [1.82, 2.24) is 15.3 Å². The van der Waals surface area contributed by atoms with Crippen LogP contribution in [0.2, 0.25) is 0 Å². The van der Waals surface area contributed by atoms with Gasteiger partial charge in [-0.25, -0.2) is 4.98 Å². The van der Waals surface area contributed by atoms with Gasteiger partial charge in [0.2, 0.25) is 0 Å². The lowest BCUT2D eigenvalue weighted by Gasteiger charge is -2.13. The first-order valence-electron chi connectivity index (χ1n) is 9.50. The molecule has 0 aliphatic carbocycles. The Morgan fingerprint density at radius 1 is 1.14 bits per heavy atom. The first-order chi connectivity index (χ1) is 13.7. The molecule has 0 unspecified atom stereocenters. The number of ether oxygens (including phenoxy) is 2. The van der Waals surface area contributed by atoms with E-state index in [0.29, 0.717) is 19.1 Å². The zero-order valence-corrected chi connectivity index (χ0v) is 17.5. The largest absolute Gasteiger partial charge is 0.497 e. The maximum atomic E-state index is 6.00. The van der Waals surface area contributed by atoms with Crippen LogP contribution in [0, 0.1) is 0 Å². The molecule has 0 saturated heterocycles. The Bertz CT molecular complexity index is 865. The van der Waals surface area contributed by atoms with Crippen molar-refractivity contribution < 1.29 is 9.47 Å². The highest BCUT2D eigenvalue weighted by atomic mass is 32.1. The topological polar surface area (TPSA) is 56.3 Å². The molecular formula is C22H27N3O2S. The molecule has 5 nitrogen and oxygen atoms in total. The van der Waals surface area contributed by atoms with E-state index in [9.17, 15) is 0 Å². The van der Waals surface area contributed by atoms with Crippen LogP contribution >= 0.6 is 11.3 Å². The average molecular weight is 398 g/mol. The van der Waals surface area contributed by atoms with Crippen LogP contribution in [0.3, 0.4) is 0 Å². The molecule has 3 rings (SSSR count). The van der Waals surface area contributed by atoms with Gasteiger partial charge in [0.1, 0.15) is 18.1 Å². The molecule has 2 aromatic heterocycles. The number of benzene rings is 1. The molecule has 28 heavy (non-hydrogen) atoms. The molecule has 0 aliphatic heterocycles. The first kappa shape index (κ1) is 20.3. The van der Waals surface area contributed by atoms with E-state index in [-0.39, 0.29) is 0 Å². The van der Waals surface area contributed by atoms with Crippen molar-refractivity contribution in [3.8, 4) is 11.5 Å². The summed E-state index contributed by atoms with van der Waals surface area (Å²) in [5.41, 5.74) is 3.12. The van der Waals surface area contributed by atoms with Gasteiger partial charge in [-0.05, 0) is 30.3 Å². The summed E-state index contributed by atoms with van der Waals surface area (Å²) in [6, 6.07) is 11.7. The molecule has 3 aromatic rings. The number of methoxy groups -OCH3 is 1. The maximum Gasteiger partial charge on any atom is 0.130 e. The summed E-state index contributed by atoms with van der Waals surface area (Å²) in [5.74, 6) is 2.15. The Morgan fingerprint density at radius 3 is 2.75 bits per heavy atom. The number of nitrogens with zero attached hydrogens (tertiary/aromatic N) is 2. The van der Waals surface area contributed by atoms with E-state index in [2.05, 4.69) is 34.5 Å². The van der Waals surface area contributed by atoms with Crippen LogP contribution in [0.5, 0.6) is 11.5 Å². The van der Waals surface area contributed by atoms with Crippen molar-refractivity contribution in [1.29, 1.82) is 0 Å². The molecule has 0 saturated carbocycles. The van der Waals surface area contributed by atoms with Gasteiger partial charge in [0, 0.05) is 42.6 Å². The lowest BCUT2D eigenvalue weighted by molar-refractivity contribution is 0.296. The van der Waals surface area contributed by atoms with Crippen molar-refractivity contribution in [2.45, 2.75) is 39.3 Å². The molecule has 148 valence electrons. The molecule has 6 heteroatoms. The smallest absolute Gasteiger partial charge is 0.130 e. The van der Waals surface area contributed by atoms with Gasteiger partial charge in [-0.3, -0.25) is 4.98 Å². The lowest BCUT2D eigenvalue weighted by Crippen LogP contribution is -2.17. The molecule has 0 spiro atoms. The van der Waals surface area contributed by atoms with Crippen molar-refractivity contribution in [3.63, 3.8) is 0 Å². The number of aromatic nitrogens is 2. The third-order valence-corrected chi connectivity index (χ3v) is 5.50. The molecule has 0 radical (unpaired) electrons. The lowest BCUT2D eigenvalue weighted by atomic mass is 10.2. The number of pyridine rings is 1. The van der Waals surface area contributed by atoms with Gasteiger partial charge in [-0.2, -0.15) is 0 Å². The second kappa shape index (κ2) is 10.2. The molecule has 1 aromatic carbocycles. The fraction of sp³-hybridized carbons (Fsp3) is 0.364. The molecule has 0 fully saturated rings. The quantitative estimate of drug-likeness (QED) is 0.508. The number of rotatable bonds is 10. The normalized spacial score (nSPS) is 11.0. The van der Waals surface area contributed by atoms with Gasteiger partial charge in [0.25, 0.3) is 0 Å². The third-order valence-electron chi connectivity index (χ3n) is 4.31. The van der Waals surface area contributed by atoms with Crippen LogP contribution in [0.4, 0.5) is 0 Å². The van der Waals surface area contributed by atoms with Crippen LogP contribution in [0.15, 0.2) is 48.0 Å². The minimum Gasteiger partial charge on any atom is -0.497 e. The zero-order chi connectivity index (χ0) is 19.8. The van der Waals surface area contributed by atoms with Crippen LogP contribution in [0.25, 0.3) is 0 Å². The van der Waals surface area contributed by atoms with E-state index in [0.717, 1.165) is 41.4 Å². The molecule has 0 atom stereocenters. The van der Waals surface area contributed by atoms with Gasteiger partial charge in [0.15, 0.2) is 0 Å². The number of thiazole rings is 1. The monoisotopic (exact) mass is 397 g/mol. The molecule has 0 amide bonds. The summed E-state index contributed by atoms with van der Waals surface area (Å²) in [5, 5.41) is 6.85. The van der Waals surface area contributed by atoms with Crippen molar-refractivity contribution in [3.05, 3.63) is 69.9 Å². The summed E-state index contributed by atoms with van der Waals surface area (Å²) in [4.78, 5) is 9.00.